The van der Waals surface area contributed by atoms with Crippen molar-refractivity contribution < 1.29 is 18.7 Å². The van der Waals surface area contributed by atoms with Gasteiger partial charge in [0.05, 0.1) is 29.5 Å². The quantitative estimate of drug-likeness (QED) is 0.470. The van der Waals surface area contributed by atoms with Crippen molar-refractivity contribution in [2.75, 3.05) is 30.9 Å². The second-order valence-electron chi connectivity index (χ2n) is 10.0. The number of thioether (sulfide) groups is 1. The molecule has 1 atom stereocenters. The predicted octanol–water partition coefficient (Wildman–Crippen LogP) is 5.01. The molecular formula is C28H33FN4O3S. The van der Waals surface area contributed by atoms with Gasteiger partial charge in [-0.25, -0.2) is 9.07 Å². The van der Waals surface area contributed by atoms with Gasteiger partial charge >= 0.3 is 0 Å². The molecule has 0 spiro atoms. The molecule has 2 aromatic carbocycles. The molecule has 1 aliphatic heterocycles. The van der Waals surface area contributed by atoms with E-state index in [1.54, 1.807) is 17.9 Å². The molecule has 0 aliphatic carbocycles. The van der Waals surface area contributed by atoms with Crippen LogP contribution in [-0.4, -0.2) is 47.5 Å². The van der Waals surface area contributed by atoms with Gasteiger partial charge in [-0.15, -0.1) is 11.8 Å². The molecule has 1 aromatic heterocycles. The third kappa shape index (κ3) is 5.66. The lowest BCUT2D eigenvalue weighted by Crippen LogP contribution is -2.42. The highest BCUT2D eigenvalue weighted by Gasteiger charge is 2.40. The fourth-order valence-corrected chi connectivity index (χ4v) is 5.56. The molecular weight excluding hydrogens is 491 g/mol. The zero-order valence-corrected chi connectivity index (χ0v) is 22.7. The summed E-state index contributed by atoms with van der Waals surface area (Å²) in [5.41, 5.74) is 2.68. The standard InChI is InChI=1S/C28H33FN4O3S/c1-6-14-30-22(34)16-32-23(35)17-37-25(18-8-7-9-19(29)15-18)24-26(28(2,3)4)31-33(27(24)32)20-10-12-21(36-5)13-11-20/h7-13,15,25H,6,14,16-17H2,1-5H3,(H,30,34)/t25-/m1/s1. The lowest BCUT2D eigenvalue weighted by Gasteiger charge is -2.24. The second kappa shape index (κ2) is 11.0. The summed E-state index contributed by atoms with van der Waals surface area (Å²) in [7, 11) is 1.60. The summed E-state index contributed by atoms with van der Waals surface area (Å²) in [6.45, 7) is 8.56. The summed E-state index contributed by atoms with van der Waals surface area (Å²) in [6, 6.07) is 13.9. The van der Waals surface area contributed by atoms with Crippen molar-refractivity contribution in [3.8, 4) is 11.4 Å². The molecule has 37 heavy (non-hydrogen) atoms. The topological polar surface area (TPSA) is 76.5 Å². The van der Waals surface area contributed by atoms with Crippen molar-refractivity contribution in [3.63, 3.8) is 0 Å². The Kier molecular flexibility index (Phi) is 7.92. The van der Waals surface area contributed by atoms with Crippen molar-refractivity contribution in [3.05, 3.63) is 71.2 Å². The van der Waals surface area contributed by atoms with Gasteiger partial charge in [-0.1, -0.05) is 39.8 Å². The first-order chi connectivity index (χ1) is 17.6. The Morgan fingerprint density at radius 1 is 1.22 bits per heavy atom. The van der Waals surface area contributed by atoms with Crippen molar-refractivity contribution in [2.45, 2.75) is 44.8 Å². The van der Waals surface area contributed by atoms with Crippen LogP contribution in [0.2, 0.25) is 0 Å². The molecule has 196 valence electrons. The SMILES string of the molecule is CCCNC(=O)CN1C(=O)CS[C@H](c2cccc(F)c2)c2c(C(C)(C)C)nn(-c3ccc(OC)cc3)c21. The number of benzene rings is 2. The van der Waals surface area contributed by atoms with Gasteiger partial charge in [0.2, 0.25) is 11.8 Å². The van der Waals surface area contributed by atoms with Crippen LogP contribution in [0.15, 0.2) is 48.5 Å². The molecule has 0 saturated carbocycles. The van der Waals surface area contributed by atoms with E-state index in [0.29, 0.717) is 18.1 Å². The smallest absolute Gasteiger partial charge is 0.240 e. The van der Waals surface area contributed by atoms with Gasteiger partial charge in [-0.05, 0) is 48.4 Å². The largest absolute Gasteiger partial charge is 0.497 e. The maximum atomic E-state index is 14.3. The molecule has 0 fully saturated rings. The number of carbonyl (C=O) groups excluding carboxylic acids is 2. The fraction of sp³-hybridized carbons (Fsp3) is 0.393. The maximum absolute atomic E-state index is 14.3. The van der Waals surface area contributed by atoms with Crippen LogP contribution in [0.4, 0.5) is 10.2 Å². The molecule has 2 amide bonds. The van der Waals surface area contributed by atoms with E-state index >= 15 is 0 Å². The normalized spacial score (nSPS) is 15.8. The molecule has 7 nitrogen and oxygen atoms in total. The number of rotatable bonds is 7. The number of methoxy groups -OCH3 is 1. The second-order valence-corrected chi connectivity index (χ2v) is 11.1. The summed E-state index contributed by atoms with van der Waals surface area (Å²) in [4.78, 5) is 28.0. The van der Waals surface area contributed by atoms with E-state index in [2.05, 4.69) is 26.1 Å². The van der Waals surface area contributed by atoms with Gasteiger partial charge < -0.3 is 10.1 Å². The first-order valence-electron chi connectivity index (χ1n) is 12.4. The van der Waals surface area contributed by atoms with Crippen LogP contribution < -0.4 is 15.0 Å². The summed E-state index contributed by atoms with van der Waals surface area (Å²) in [5, 5.41) is 7.56. The van der Waals surface area contributed by atoms with Gasteiger partial charge in [0, 0.05) is 17.5 Å². The molecule has 0 bridgehead atoms. The number of nitrogens with zero attached hydrogens (tertiary/aromatic N) is 3. The average Bonchev–Trinajstić information content (AvgIpc) is 3.20. The van der Waals surface area contributed by atoms with Crippen molar-refractivity contribution in [1.29, 1.82) is 0 Å². The Hall–Kier alpha value is -3.33. The number of nitrogens with one attached hydrogen (secondary N) is 1. The van der Waals surface area contributed by atoms with Gasteiger partial charge in [-0.3, -0.25) is 14.5 Å². The van der Waals surface area contributed by atoms with E-state index in [1.165, 1.54) is 28.8 Å². The number of carbonyl (C=O) groups is 2. The first kappa shape index (κ1) is 26.7. The number of hydrogen-bond acceptors (Lipinski definition) is 5. The summed E-state index contributed by atoms with van der Waals surface area (Å²) in [5.74, 6) is 0.584. The Balaban J connectivity index is 1.98. The number of aromatic nitrogens is 2. The van der Waals surface area contributed by atoms with E-state index in [9.17, 15) is 14.0 Å². The molecule has 4 rings (SSSR count). The Bertz CT molecular complexity index is 1280. The molecule has 3 aromatic rings. The Morgan fingerprint density at radius 3 is 2.57 bits per heavy atom. The number of fused-ring (bicyclic) bond motifs is 1. The third-order valence-corrected chi connectivity index (χ3v) is 7.40. The molecule has 9 heteroatoms. The van der Waals surface area contributed by atoms with Crippen molar-refractivity contribution in [2.24, 2.45) is 0 Å². The minimum absolute atomic E-state index is 0.131. The number of ether oxygens (including phenoxy) is 1. The van der Waals surface area contributed by atoms with Gasteiger partial charge in [-0.2, -0.15) is 5.10 Å². The molecule has 2 heterocycles. The molecule has 0 unspecified atom stereocenters. The fourth-order valence-electron chi connectivity index (χ4n) is 4.37. The van der Waals surface area contributed by atoms with Gasteiger partial charge in [0.1, 0.15) is 23.9 Å². The lowest BCUT2D eigenvalue weighted by molar-refractivity contribution is -0.122. The monoisotopic (exact) mass is 524 g/mol. The minimum Gasteiger partial charge on any atom is -0.497 e. The lowest BCUT2D eigenvalue weighted by atomic mass is 9.87. The van der Waals surface area contributed by atoms with E-state index in [-0.39, 0.29) is 35.2 Å². The number of amides is 2. The molecule has 0 radical (unpaired) electrons. The van der Waals surface area contributed by atoms with Crippen LogP contribution in [0.5, 0.6) is 5.75 Å². The van der Waals surface area contributed by atoms with Crippen LogP contribution in [0.1, 0.15) is 56.2 Å². The highest BCUT2D eigenvalue weighted by molar-refractivity contribution is 8.00. The third-order valence-electron chi connectivity index (χ3n) is 6.14. The highest BCUT2D eigenvalue weighted by Crippen LogP contribution is 2.48. The Morgan fingerprint density at radius 2 is 1.95 bits per heavy atom. The van der Waals surface area contributed by atoms with Gasteiger partial charge in [0.15, 0.2) is 0 Å². The summed E-state index contributed by atoms with van der Waals surface area (Å²) in [6.07, 6.45) is 0.792. The summed E-state index contributed by atoms with van der Waals surface area (Å²) < 4.78 is 21.4. The van der Waals surface area contributed by atoms with E-state index < -0.39 is 5.41 Å². The zero-order valence-electron chi connectivity index (χ0n) is 21.9. The van der Waals surface area contributed by atoms with E-state index in [1.807, 2.05) is 37.3 Å². The minimum atomic E-state index is -0.391. The highest BCUT2D eigenvalue weighted by atomic mass is 32.2. The van der Waals surface area contributed by atoms with E-state index in [4.69, 9.17) is 9.84 Å². The summed E-state index contributed by atoms with van der Waals surface area (Å²) >= 11 is 1.43. The van der Waals surface area contributed by atoms with Crippen LogP contribution in [-0.2, 0) is 15.0 Å². The zero-order chi connectivity index (χ0) is 26.7. The van der Waals surface area contributed by atoms with E-state index in [0.717, 1.165) is 28.9 Å². The maximum Gasteiger partial charge on any atom is 0.240 e. The number of hydrogen-bond donors (Lipinski definition) is 1. The van der Waals surface area contributed by atoms with Crippen LogP contribution >= 0.6 is 11.8 Å². The van der Waals surface area contributed by atoms with Crippen LogP contribution in [0, 0.1) is 5.82 Å². The van der Waals surface area contributed by atoms with Crippen LogP contribution in [0.25, 0.3) is 5.69 Å². The van der Waals surface area contributed by atoms with Crippen LogP contribution in [0.3, 0.4) is 0 Å². The predicted molar refractivity (Wildman–Crippen MR) is 145 cm³/mol. The Labute approximate surface area is 221 Å². The number of anilines is 1. The first-order valence-corrected chi connectivity index (χ1v) is 13.4. The molecule has 1 aliphatic rings. The molecule has 1 N–H and O–H groups in total. The van der Waals surface area contributed by atoms with Crippen molar-refractivity contribution in [1.82, 2.24) is 15.1 Å². The molecule has 0 saturated heterocycles. The van der Waals surface area contributed by atoms with Crippen molar-refractivity contribution >= 4 is 29.4 Å². The average molecular weight is 525 g/mol. The van der Waals surface area contributed by atoms with Gasteiger partial charge in [0.25, 0.3) is 0 Å². The number of halogens is 1.